The fraction of sp³-hybridized carbons (Fsp3) is 0.353. The second-order valence-electron chi connectivity index (χ2n) is 5.46. The molecule has 6 heteroatoms. The van der Waals surface area contributed by atoms with Gasteiger partial charge in [0, 0.05) is 19.3 Å². The van der Waals surface area contributed by atoms with Gasteiger partial charge >= 0.3 is 0 Å². The van der Waals surface area contributed by atoms with E-state index in [0.717, 1.165) is 28.9 Å². The van der Waals surface area contributed by atoms with E-state index < -0.39 is 0 Å². The molecule has 120 valence electrons. The van der Waals surface area contributed by atoms with Crippen LogP contribution in [0.4, 0.5) is 0 Å². The van der Waals surface area contributed by atoms with Crippen LogP contribution in [-0.2, 0) is 20.0 Å². The number of rotatable bonds is 3. The highest BCUT2D eigenvalue weighted by Gasteiger charge is 2.13. The van der Waals surface area contributed by atoms with Gasteiger partial charge in [0.25, 0.3) is 5.91 Å². The van der Waals surface area contributed by atoms with Gasteiger partial charge in [-0.15, -0.1) is 0 Å². The van der Waals surface area contributed by atoms with Crippen LogP contribution in [0.15, 0.2) is 29.3 Å². The Morgan fingerprint density at radius 2 is 2.13 bits per heavy atom. The lowest BCUT2D eigenvalue weighted by atomic mass is 10.1. The minimum atomic E-state index is -0.291. The Labute approximate surface area is 138 Å². The number of carbonyl (C=O) groups is 1. The quantitative estimate of drug-likeness (QED) is 0.742. The zero-order valence-corrected chi connectivity index (χ0v) is 14.6. The molecule has 0 radical (unpaired) electrons. The Morgan fingerprint density at radius 1 is 1.35 bits per heavy atom. The van der Waals surface area contributed by atoms with Crippen LogP contribution in [0.25, 0.3) is 10.2 Å². The van der Waals surface area contributed by atoms with Gasteiger partial charge in [-0.2, -0.15) is 10.1 Å². The van der Waals surface area contributed by atoms with Gasteiger partial charge in [0.1, 0.15) is 0 Å². The summed E-state index contributed by atoms with van der Waals surface area (Å²) in [5.41, 5.74) is 3.79. The molecule has 0 fully saturated rings. The predicted molar refractivity (Wildman–Crippen MR) is 92.7 cm³/mol. The fourth-order valence-electron chi connectivity index (χ4n) is 2.76. The molecule has 23 heavy (non-hydrogen) atoms. The maximum Gasteiger partial charge on any atom is 0.300 e. The van der Waals surface area contributed by atoms with Gasteiger partial charge in [0.05, 0.1) is 10.2 Å². The van der Waals surface area contributed by atoms with E-state index >= 15 is 0 Å². The Hall–Kier alpha value is -2.21. The molecule has 2 heterocycles. The first kappa shape index (κ1) is 15.7. The second kappa shape index (κ2) is 6.12. The number of aromatic nitrogens is 3. The molecule has 0 atom stereocenters. The van der Waals surface area contributed by atoms with E-state index in [4.69, 9.17) is 0 Å². The zero-order chi connectivity index (χ0) is 16.6. The van der Waals surface area contributed by atoms with E-state index in [1.54, 1.807) is 6.07 Å². The molecule has 1 amide bonds. The van der Waals surface area contributed by atoms with Crippen molar-refractivity contribution in [1.82, 2.24) is 14.3 Å². The summed E-state index contributed by atoms with van der Waals surface area (Å²) in [7, 11) is 1.96. The largest absolute Gasteiger partial charge is 0.319 e. The van der Waals surface area contributed by atoms with E-state index in [1.165, 1.54) is 16.9 Å². The number of para-hydroxylation sites is 1. The Balaban J connectivity index is 2.10. The van der Waals surface area contributed by atoms with Crippen molar-refractivity contribution in [3.8, 4) is 0 Å². The predicted octanol–water partition coefficient (Wildman–Crippen LogP) is 3.07. The molecule has 1 aromatic carbocycles. The van der Waals surface area contributed by atoms with Crippen LogP contribution < -0.4 is 4.80 Å². The first-order chi connectivity index (χ1) is 11.0. The summed E-state index contributed by atoms with van der Waals surface area (Å²) in [5.74, 6) is -0.291. The minimum Gasteiger partial charge on any atom is -0.319 e. The monoisotopic (exact) mass is 328 g/mol. The Kier molecular flexibility index (Phi) is 4.17. The highest BCUT2D eigenvalue weighted by molar-refractivity contribution is 7.16. The topological polar surface area (TPSA) is 52.2 Å². The maximum absolute atomic E-state index is 12.4. The Bertz CT molecular complexity index is 945. The van der Waals surface area contributed by atoms with E-state index in [2.05, 4.69) is 35.2 Å². The van der Waals surface area contributed by atoms with Crippen LogP contribution in [0, 0.1) is 6.92 Å². The van der Waals surface area contributed by atoms with Crippen molar-refractivity contribution in [2.75, 3.05) is 0 Å². The Morgan fingerprint density at radius 3 is 2.78 bits per heavy atom. The number of thiazole rings is 1. The molecule has 3 aromatic rings. The molecule has 2 aromatic heterocycles. The van der Waals surface area contributed by atoms with Crippen molar-refractivity contribution in [3.05, 3.63) is 46.0 Å². The summed E-state index contributed by atoms with van der Waals surface area (Å²) < 4.78 is 4.96. The SMILES string of the molecule is CCc1cccc2sc(=NC(=O)c3cc(C)n(CC)n3)n(C)c12. The highest BCUT2D eigenvalue weighted by atomic mass is 32.1. The fourth-order valence-corrected chi connectivity index (χ4v) is 3.82. The minimum absolute atomic E-state index is 0.291. The smallest absolute Gasteiger partial charge is 0.300 e. The van der Waals surface area contributed by atoms with Crippen LogP contribution in [0.5, 0.6) is 0 Å². The molecule has 0 aliphatic heterocycles. The highest BCUT2D eigenvalue weighted by Crippen LogP contribution is 2.21. The molecule has 0 aliphatic rings. The van der Waals surface area contributed by atoms with Gasteiger partial charge < -0.3 is 4.57 Å². The van der Waals surface area contributed by atoms with E-state index in [0.29, 0.717) is 10.5 Å². The van der Waals surface area contributed by atoms with Crippen LogP contribution in [0.1, 0.15) is 35.6 Å². The molecule has 5 nitrogen and oxygen atoms in total. The number of nitrogens with zero attached hydrogens (tertiary/aromatic N) is 4. The van der Waals surface area contributed by atoms with Crippen molar-refractivity contribution >= 4 is 27.5 Å². The first-order valence-corrected chi connectivity index (χ1v) is 8.57. The van der Waals surface area contributed by atoms with Gasteiger partial charge in [-0.05, 0) is 38.0 Å². The lowest BCUT2D eigenvalue weighted by molar-refractivity contribution is 0.0992. The summed E-state index contributed by atoms with van der Waals surface area (Å²) in [6.45, 7) is 6.83. The molecule has 3 rings (SSSR count). The van der Waals surface area contributed by atoms with Crippen molar-refractivity contribution in [2.45, 2.75) is 33.7 Å². The number of benzene rings is 1. The van der Waals surface area contributed by atoms with Crippen LogP contribution in [0.3, 0.4) is 0 Å². The average molecular weight is 328 g/mol. The molecule has 0 bridgehead atoms. The molecule has 0 saturated carbocycles. The zero-order valence-electron chi connectivity index (χ0n) is 13.8. The first-order valence-electron chi connectivity index (χ1n) is 7.76. The third-order valence-corrected chi connectivity index (χ3v) is 5.08. The van der Waals surface area contributed by atoms with Gasteiger partial charge in [-0.25, -0.2) is 0 Å². The molecule has 0 N–H and O–H groups in total. The number of aryl methyl sites for hydroxylation is 4. The number of amides is 1. The average Bonchev–Trinajstić information content (AvgIpc) is 3.08. The lowest BCUT2D eigenvalue weighted by Gasteiger charge is -2.01. The molecule has 0 unspecified atom stereocenters. The normalized spacial score (nSPS) is 12.3. The standard InChI is InChI=1S/C17H20N4OS/c1-5-12-8-7-9-14-15(12)20(4)17(23-14)18-16(22)13-10-11(3)21(6-2)19-13/h7-10H,5-6H2,1-4H3. The summed E-state index contributed by atoms with van der Waals surface area (Å²) in [6, 6.07) is 8.03. The van der Waals surface area contributed by atoms with E-state index in [-0.39, 0.29) is 5.91 Å². The lowest BCUT2D eigenvalue weighted by Crippen LogP contribution is -2.14. The second-order valence-corrected chi connectivity index (χ2v) is 6.47. The molecular formula is C17H20N4OS. The van der Waals surface area contributed by atoms with Crippen LogP contribution >= 0.6 is 11.3 Å². The summed E-state index contributed by atoms with van der Waals surface area (Å²) in [5, 5.41) is 4.31. The van der Waals surface area contributed by atoms with Gasteiger partial charge in [0.15, 0.2) is 10.5 Å². The van der Waals surface area contributed by atoms with Crippen molar-refractivity contribution in [1.29, 1.82) is 0 Å². The number of hydrogen-bond donors (Lipinski definition) is 0. The molecule has 0 saturated heterocycles. The van der Waals surface area contributed by atoms with Crippen LogP contribution in [0.2, 0.25) is 0 Å². The molecule has 0 spiro atoms. The third kappa shape index (κ3) is 2.74. The maximum atomic E-state index is 12.4. The summed E-state index contributed by atoms with van der Waals surface area (Å²) >= 11 is 1.53. The van der Waals surface area contributed by atoms with Gasteiger partial charge in [-0.3, -0.25) is 9.48 Å². The summed E-state index contributed by atoms with van der Waals surface area (Å²) in [6.07, 6.45) is 0.954. The number of carbonyl (C=O) groups excluding carboxylic acids is 1. The molecule has 0 aliphatic carbocycles. The number of fused-ring (bicyclic) bond motifs is 1. The van der Waals surface area contributed by atoms with Crippen molar-refractivity contribution < 1.29 is 4.79 Å². The van der Waals surface area contributed by atoms with Crippen molar-refractivity contribution in [2.24, 2.45) is 12.0 Å². The van der Waals surface area contributed by atoms with Crippen molar-refractivity contribution in [3.63, 3.8) is 0 Å². The van der Waals surface area contributed by atoms with Crippen LogP contribution in [-0.4, -0.2) is 20.3 Å². The van der Waals surface area contributed by atoms with Gasteiger partial charge in [-0.1, -0.05) is 30.4 Å². The molecular weight excluding hydrogens is 308 g/mol. The van der Waals surface area contributed by atoms with E-state index in [9.17, 15) is 4.79 Å². The third-order valence-electron chi connectivity index (χ3n) is 3.98. The van der Waals surface area contributed by atoms with E-state index in [1.807, 2.05) is 30.1 Å². The number of hydrogen-bond acceptors (Lipinski definition) is 3. The van der Waals surface area contributed by atoms with Gasteiger partial charge in [0.2, 0.25) is 0 Å². The summed E-state index contributed by atoms with van der Waals surface area (Å²) in [4.78, 5) is 17.4.